The molecule has 2 unspecified atom stereocenters. The first kappa shape index (κ1) is 25.8. The van der Waals surface area contributed by atoms with Crippen molar-refractivity contribution < 1.29 is 28.2 Å². The van der Waals surface area contributed by atoms with Gasteiger partial charge in [0.15, 0.2) is 11.6 Å². The van der Waals surface area contributed by atoms with E-state index >= 15 is 0 Å². The summed E-state index contributed by atoms with van der Waals surface area (Å²) in [7, 11) is 1.57. The molecule has 4 rings (SSSR count). The Bertz CT molecular complexity index is 977. The van der Waals surface area contributed by atoms with Crippen LogP contribution in [-0.4, -0.2) is 55.5 Å². The fraction of sp³-hybridized carbons (Fsp3) is 0.500. The molecule has 0 aliphatic carbocycles. The summed E-state index contributed by atoms with van der Waals surface area (Å²) < 4.78 is 40.4. The first-order chi connectivity index (χ1) is 16.2. The number of hydrogen-bond donors (Lipinski definition) is 1. The molecule has 0 bridgehead atoms. The largest absolute Gasteiger partial charge is 0.490 e. The number of piperidine rings is 1. The monoisotopic (exact) mass is 497 g/mol. The summed E-state index contributed by atoms with van der Waals surface area (Å²) in [6, 6.07) is 4.43. The second kappa shape index (κ2) is 11.6. The summed E-state index contributed by atoms with van der Waals surface area (Å²) in [4.78, 5) is 17.0. The van der Waals surface area contributed by atoms with Crippen LogP contribution in [0.4, 0.5) is 20.2 Å². The number of carboxylic acid groups (broad SMARTS) is 1. The van der Waals surface area contributed by atoms with Gasteiger partial charge in [0.25, 0.3) is 5.97 Å². The second-order valence-corrected chi connectivity index (χ2v) is 8.90. The maximum Gasteiger partial charge on any atom is 0.300 e. The topological polar surface area (TPSA) is 75.1 Å². The van der Waals surface area contributed by atoms with E-state index in [1.165, 1.54) is 12.1 Å². The molecular weight excluding hydrogens is 468 g/mol. The maximum atomic E-state index is 14.6. The van der Waals surface area contributed by atoms with Crippen LogP contribution in [0.25, 0.3) is 0 Å². The standard InChI is InChI=1S/C22H26ClF2N3O2.C2H4O2/c1-14-13-28(19-11-21(29-2)26-12-16(19)23)8-5-20(14)30-15-9-17(24)22(18(25)10-15)27-6-3-4-7-27;1-2(3)4/h9-12,14,20H,3-8,13H2,1-2H3;1H3,(H,3,4). The number of ether oxygens (including phenoxy) is 2. The Labute approximate surface area is 203 Å². The molecule has 2 aromatic rings. The molecule has 3 heterocycles. The summed E-state index contributed by atoms with van der Waals surface area (Å²) >= 11 is 6.33. The second-order valence-electron chi connectivity index (χ2n) is 8.50. The lowest BCUT2D eigenvalue weighted by atomic mass is 9.96. The Kier molecular flexibility index (Phi) is 8.77. The first-order valence-electron chi connectivity index (χ1n) is 11.2. The molecular formula is C24H30ClF2N3O4. The fourth-order valence-electron chi connectivity index (χ4n) is 4.31. The summed E-state index contributed by atoms with van der Waals surface area (Å²) in [5.41, 5.74) is 0.921. The number of pyridine rings is 1. The summed E-state index contributed by atoms with van der Waals surface area (Å²) in [6.45, 7) is 5.93. The van der Waals surface area contributed by atoms with E-state index in [9.17, 15) is 8.78 Å². The van der Waals surface area contributed by atoms with Gasteiger partial charge in [0, 0.05) is 63.6 Å². The van der Waals surface area contributed by atoms with Crippen LogP contribution in [0.2, 0.25) is 5.02 Å². The van der Waals surface area contributed by atoms with Crippen LogP contribution in [0.3, 0.4) is 0 Å². The lowest BCUT2D eigenvalue weighted by molar-refractivity contribution is -0.134. The summed E-state index contributed by atoms with van der Waals surface area (Å²) in [6.07, 6.45) is 4.07. The van der Waals surface area contributed by atoms with Crippen molar-refractivity contribution in [3.05, 3.63) is 41.1 Å². The zero-order valence-corrected chi connectivity index (χ0v) is 20.3. The zero-order chi connectivity index (χ0) is 24.8. The Morgan fingerprint density at radius 3 is 2.32 bits per heavy atom. The molecule has 1 aromatic heterocycles. The lowest BCUT2D eigenvalue weighted by Crippen LogP contribution is -2.44. The van der Waals surface area contributed by atoms with Crippen molar-refractivity contribution in [3.63, 3.8) is 0 Å². The third-order valence-electron chi connectivity index (χ3n) is 5.89. The van der Waals surface area contributed by atoms with Gasteiger partial charge in [-0.2, -0.15) is 0 Å². The van der Waals surface area contributed by atoms with Crippen molar-refractivity contribution in [2.45, 2.75) is 39.2 Å². The van der Waals surface area contributed by atoms with Crippen molar-refractivity contribution in [1.29, 1.82) is 0 Å². The van der Waals surface area contributed by atoms with E-state index in [4.69, 9.17) is 31.0 Å². The first-order valence-corrected chi connectivity index (χ1v) is 11.6. The fourth-order valence-corrected chi connectivity index (χ4v) is 4.53. The quantitative estimate of drug-likeness (QED) is 0.622. The Morgan fingerprint density at radius 1 is 1.15 bits per heavy atom. The van der Waals surface area contributed by atoms with Gasteiger partial charge in [-0.1, -0.05) is 18.5 Å². The van der Waals surface area contributed by atoms with Crippen molar-refractivity contribution in [1.82, 2.24) is 4.98 Å². The molecule has 0 amide bonds. The highest BCUT2D eigenvalue weighted by Crippen LogP contribution is 2.35. The van der Waals surface area contributed by atoms with E-state index < -0.39 is 17.6 Å². The van der Waals surface area contributed by atoms with Crippen LogP contribution in [-0.2, 0) is 4.79 Å². The van der Waals surface area contributed by atoms with Crippen molar-refractivity contribution >= 4 is 28.9 Å². The van der Waals surface area contributed by atoms with Crippen LogP contribution >= 0.6 is 11.6 Å². The van der Waals surface area contributed by atoms with Gasteiger partial charge in [0.05, 0.1) is 24.0 Å². The molecule has 34 heavy (non-hydrogen) atoms. The predicted molar refractivity (Wildman–Crippen MR) is 127 cm³/mol. The Morgan fingerprint density at radius 2 is 1.76 bits per heavy atom. The SMILES string of the molecule is CC(=O)O.COc1cc(N2CCC(Oc3cc(F)c(N4CCCC4)c(F)c3)C(C)C2)c(Cl)cn1. The minimum atomic E-state index is -0.833. The lowest BCUT2D eigenvalue weighted by Gasteiger charge is -2.38. The van der Waals surface area contributed by atoms with Crippen molar-refractivity contribution in [2.75, 3.05) is 43.1 Å². The maximum absolute atomic E-state index is 14.6. The molecule has 2 saturated heterocycles. The number of nitrogens with zero attached hydrogens (tertiary/aromatic N) is 3. The molecule has 0 saturated carbocycles. The molecule has 1 N–H and O–H groups in total. The summed E-state index contributed by atoms with van der Waals surface area (Å²) in [5, 5.41) is 7.98. The van der Waals surface area contributed by atoms with E-state index in [-0.39, 0.29) is 23.5 Å². The molecule has 1 aromatic carbocycles. The van der Waals surface area contributed by atoms with Crippen LogP contribution in [0, 0.1) is 17.6 Å². The van der Waals surface area contributed by atoms with E-state index in [0.29, 0.717) is 43.5 Å². The van der Waals surface area contributed by atoms with Gasteiger partial charge >= 0.3 is 0 Å². The molecule has 2 atom stereocenters. The molecule has 2 aliphatic heterocycles. The smallest absolute Gasteiger partial charge is 0.300 e. The van der Waals surface area contributed by atoms with Gasteiger partial charge < -0.3 is 24.4 Å². The number of rotatable bonds is 5. The number of benzene rings is 1. The van der Waals surface area contributed by atoms with E-state index in [1.54, 1.807) is 18.2 Å². The Balaban J connectivity index is 0.000000751. The molecule has 0 spiro atoms. The third kappa shape index (κ3) is 6.40. The minimum Gasteiger partial charge on any atom is -0.490 e. The van der Waals surface area contributed by atoms with Gasteiger partial charge in [-0.15, -0.1) is 0 Å². The third-order valence-corrected chi connectivity index (χ3v) is 6.18. The highest BCUT2D eigenvalue weighted by Gasteiger charge is 2.30. The molecule has 10 heteroatoms. The van der Waals surface area contributed by atoms with E-state index in [1.807, 2.05) is 6.07 Å². The minimum absolute atomic E-state index is 0.0593. The number of aliphatic carboxylic acids is 1. The molecule has 0 radical (unpaired) electrons. The number of carboxylic acids is 1. The number of methoxy groups -OCH3 is 1. The Hall–Kier alpha value is -2.81. The van der Waals surface area contributed by atoms with Crippen molar-refractivity contribution in [3.8, 4) is 11.6 Å². The number of anilines is 2. The van der Waals surface area contributed by atoms with Crippen LogP contribution < -0.4 is 19.3 Å². The van der Waals surface area contributed by atoms with Crippen molar-refractivity contribution in [2.24, 2.45) is 5.92 Å². The van der Waals surface area contributed by atoms with Gasteiger partial charge in [0.1, 0.15) is 17.5 Å². The van der Waals surface area contributed by atoms with Gasteiger partial charge in [-0.3, -0.25) is 4.79 Å². The number of carbonyl (C=O) groups is 1. The van der Waals surface area contributed by atoms with Gasteiger partial charge in [-0.25, -0.2) is 13.8 Å². The molecule has 2 fully saturated rings. The number of hydrogen-bond acceptors (Lipinski definition) is 6. The van der Waals surface area contributed by atoms with Gasteiger partial charge in [0.2, 0.25) is 5.88 Å². The summed E-state index contributed by atoms with van der Waals surface area (Å²) in [5.74, 6) is -1.08. The average molecular weight is 498 g/mol. The normalized spacial score (nSPS) is 19.9. The number of aromatic nitrogens is 1. The average Bonchev–Trinajstić information content (AvgIpc) is 3.29. The zero-order valence-electron chi connectivity index (χ0n) is 19.6. The van der Waals surface area contributed by atoms with Gasteiger partial charge in [-0.05, 0) is 12.8 Å². The molecule has 7 nitrogen and oxygen atoms in total. The van der Waals surface area contributed by atoms with Crippen LogP contribution in [0.15, 0.2) is 24.4 Å². The van der Waals surface area contributed by atoms with Crippen LogP contribution in [0.1, 0.15) is 33.1 Å². The molecule has 2 aliphatic rings. The molecule has 186 valence electrons. The highest BCUT2D eigenvalue weighted by molar-refractivity contribution is 6.33. The van der Waals surface area contributed by atoms with E-state index in [2.05, 4.69) is 16.8 Å². The van der Waals surface area contributed by atoms with Crippen LogP contribution in [0.5, 0.6) is 11.6 Å². The predicted octanol–water partition coefficient (Wildman–Crippen LogP) is 5.01. The van der Waals surface area contributed by atoms with E-state index in [0.717, 1.165) is 25.5 Å². The highest BCUT2D eigenvalue weighted by atomic mass is 35.5. The number of halogens is 3.